The highest BCUT2D eigenvalue weighted by Crippen LogP contribution is 2.43. The minimum atomic E-state index is -0.805. The molecule has 0 bridgehead atoms. The monoisotopic (exact) mass is 484 g/mol. The molecule has 4 rings (SSSR count). The third kappa shape index (κ3) is 4.47. The Balaban J connectivity index is 1.90. The highest BCUT2D eigenvalue weighted by atomic mass is 16.5. The van der Waals surface area contributed by atoms with Gasteiger partial charge in [0.05, 0.1) is 18.7 Å². The molecule has 1 aliphatic rings. The van der Waals surface area contributed by atoms with Crippen LogP contribution in [0.25, 0.3) is 5.76 Å². The number of ketones is 1. The van der Waals surface area contributed by atoms with Crippen LogP contribution in [0.2, 0.25) is 0 Å². The SMILES string of the molecule is CCN(CC)c1ccc(N2C(=O)C(=O)/C(=C(\O)c3ccc(C)c(C)c3)C2c2cccc(OC)c2)cc1. The van der Waals surface area contributed by atoms with Crippen LogP contribution in [0.1, 0.15) is 42.1 Å². The number of methoxy groups -OCH3 is 1. The van der Waals surface area contributed by atoms with Gasteiger partial charge in [-0.2, -0.15) is 0 Å². The first-order valence-corrected chi connectivity index (χ1v) is 12.2. The first kappa shape index (κ1) is 25.0. The van der Waals surface area contributed by atoms with Gasteiger partial charge in [-0.25, -0.2) is 0 Å². The number of aliphatic hydroxyl groups is 1. The maximum Gasteiger partial charge on any atom is 0.300 e. The van der Waals surface area contributed by atoms with Crippen molar-refractivity contribution in [3.8, 4) is 5.75 Å². The molecule has 1 heterocycles. The molecule has 3 aromatic carbocycles. The van der Waals surface area contributed by atoms with Crippen molar-refractivity contribution in [2.24, 2.45) is 0 Å². The average Bonchev–Trinajstić information content (AvgIpc) is 3.16. The first-order chi connectivity index (χ1) is 17.3. The number of hydrogen-bond donors (Lipinski definition) is 1. The lowest BCUT2D eigenvalue weighted by Crippen LogP contribution is -2.29. The van der Waals surface area contributed by atoms with Crippen molar-refractivity contribution in [3.05, 3.63) is 94.6 Å². The van der Waals surface area contributed by atoms with Crippen LogP contribution >= 0.6 is 0 Å². The Hall–Kier alpha value is -4.06. The number of anilines is 2. The highest BCUT2D eigenvalue weighted by molar-refractivity contribution is 6.51. The normalized spacial score (nSPS) is 16.9. The lowest BCUT2D eigenvalue weighted by molar-refractivity contribution is -0.132. The number of aryl methyl sites for hydroxylation is 2. The van der Waals surface area contributed by atoms with Crippen LogP contribution in [0.3, 0.4) is 0 Å². The Kier molecular flexibility index (Phi) is 7.15. The van der Waals surface area contributed by atoms with Gasteiger partial charge in [-0.15, -0.1) is 0 Å². The number of amides is 1. The Morgan fingerprint density at radius 2 is 1.64 bits per heavy atom. The molecular weight excluding hydrogens is 452 g/mol. The van der Waals surface area contributed by atoms with Gasteiger partial charge in [0.25, 0.3) is 11.7 Å². The predicted molar refractivity (Wildman–Crippen MR) is 144 cm³/mol. The molecule has 0 spiro atoms. The predicted octanol–water partition coefficient (Wildman–Crippen LogP) is 5.78. The minimum Gasteiger partial charge on any atom is -0.507 e. The topological polar surface area (TPSA) is 70.1 Å². The van der Waals surface area contributed by atoms with Gasteiger partial charge in [0.1, 0.15) is 11.5 Å². The second-order valence-corrected chi connectivity index (χ2v) is 8.93. The van der Waals surface area contributed by atoms with Crippen LogP contribution in [0, 0.1) is 13.8 Å². The van der Waals surface area contributed by atoms with Crippen molar-refractivity contribution in [3.63, 3.8) is 0 Å². The fourth-order valence-corrected chi connectivity index (χ4v) is 4.68. The number of carbonyl (C=O) groups excluding carboxylic acids is 2. The maximum atomic E-state index is 13.4. The van der Waals surface area contributed by atoms with Crippen molar-refractivity contribution in [2.45, 2.75) is 33.7 Å². The Labute approximate surface area is 212 Å². The molecule has 36 heavy (non-hydrogen) atoms. The second kappa shape index (κ2) is 10.3. The smallest absolute Gasteiger partial charge is 0.300 e. The van der Waals surface area contributed by atoms with Gasteiger partial charge in [-0.05, 0) is 86.8 Å². The molecule has 1 atom stereocenters. The van der Waals surface area contributed by atoms with E-state index in [1.165, 1.54) is 4.90 Å². The number of rotatable bonds is 7. The molecular formula is C30H32N2O4. The summed E-state index contributed by atoms with van der Waals surface area (Å²) in [5.41, 5.74) is 4.91. The van der Waals surface area contributed by atoms with Gasteiger partial charge in [-0.3, -0.25) is 14.5 Å². The number of ether oxygens (including phenoxy) is 1. The highest BCUT2D eigenvalue weighted by Gasteiger charge is 2.47. The van der Waals surface area contributed by atoms with Crippen LogP contribution < -0.4 is 14.5 Å². The van der Waals surface area contributed by atoms with E-state index in [2.05, 4.69) is 18.7 Å². The Morgan fingerprint density at radius 3 is 2.25 bits per heavy atom. The number of Topliss-reactive ketones (excluding diaryl/α,β-unsaturated/α-hetero) is 1. The van der Waals surface area contributed by atoms with Crippen molar-refractivity contribution in [1.29, 1.82) is 0 Å². The Bertz CT molecular complexity index is 1320. The van der Waals surface area contributed by atoms with Crippen LogP contribution in [0.15, 0.2) is 72.3 Å². The molecule has 1 aliphatic heterocycles. The third-order valence-electron chi connectivity index (χ3n) is 6.89. The molecule has 1 fully saturated rings. The van der Waals surface area contributed by atoms with Gasteiger partial charge < -0.3 is 14.7 Å². The largest absolute Gasteiger partial charge is 0.507 e. The molecule has 6 heteroatoms. The molecule has 1 unspecified atom stereocenters. The van der Waals surface area contributed by atoms with Crippen LogP contribution in [0.5, 0.6) is 5.75 Å². The van der Waals surface area contributed by atoms with Gasteiger partial charge in [0.2, 0.25) is 0 Å². The van der Waals surface area contributed by atoms with E-state index < -0.39 is 17.7 Å². The first-order valence-electron chi connectivity index (χ1n) is 12.2. The van der Waals surface area contributed by atoms with Crippen molar-refractivity contribution < 1.29 is 19.4 Å². The van der Waals surface area contributed by atoms with E-state index in [9.17, 15) is 14.7 Å². The molecule has 0 saturated carbocycles. The summed E-state index contributed by atoms with van der Waals surface area (Å²) in [5.74, 6) is -0.983. The minimum absolute atomic E-state index is 0.0596. The van der Waals surface area contributed by atoms with Gasteiger partial charge >= 0.3 is 0 Å². The van der Waals surface area contributed by atoms with Crippen molar-refractivity contribution in [2.75, 3.05) is 30.0 Å². The summed E-state index contributed by atoms with van der Waals surface area (Å²) in [7, 11) is 1.57. The lowest BCUT2D eigenvalue weighted by atomic mass is 9.94. The number of benzene rings is 3. The second-order valence-electron chi connectivity index (χ2n) is 8.93. The molecule has 1 saturated heterocycles. The zero-order chi connectivity index (χ0) is 26.0. The summed E-state index contributed by atoms with van der Waals surface area (Å²) in [6, 6.07) is 19.5. The summed E-state index contributed by atoms with van der Waals surface area (Å²) in [6.07, 6.45) is 0. The van der Waals surface area contributed by atoms with Gasteiger partial charge in [0.15, 0.2) is 0 Å². The fraction of sp³-hybridized carbons (Fsp3) is 0.267. The van der Waals surface area contributed by atoms with Crippen LogP contribution in [-0.4, -0.2) is 37.0 Å². The summed E-state index contributed by atoms with van der Waals surface area (Å²) in [5, 5.41) is 11.4. The number of carbonyl (C=O) groups is 2. The summed E-state index contributed by atoms with van der Waals surface area (Å²) in [4.78, 5) is 30.5. The maximum absolute atomic E-state index is 13.4. The molecule has 0 radical (unpaired) electrons. The summed E-state index contributed by atoms with van der Waals surface area (Å²) in [6.45, 7) is 9.83. The van der Waals surface area contributed by atoms with E-state index in [0.29, 0.717) is 22.6 Å². The molecule has 6 nitrogen and oxygen atoms in total. The van der Waals surface area contributed by atoms with Crippen LogP contribution in [0.4, 0.5) is 11.4 Å². The lowest BCUT2D eigenvalue weighted by Gasteiger charge is -2.27. The molecule has 186 valence electrons. The van der Waals surface area contributed by atoms with Gasteiger partial charge in [0, 0.05) is 30.0 Å². The van der Waals surface area contributed by atoms with E-state index in [1.807, 2.05) is 62.4 Å². The molecule has 1 amide bonds. The van der Waals surface area contributed by atoms with E-state index >= 15 is 0 Å². The number of nitrogens with zero attached hydrogens (tertiary/aromatic N) is 2. The van der Waals surface area contributed by atoms with Gasteiger partial charge in [-0.1, -0.05) is 24.3 Å². The van der Waals surface area contributed by atoms with Crippen LogP contribution in [-0.2, 0) is 9.59 Å². The molecule has 1 N–H and O–H groups in total. The molecule has 0 aromatic heterocycles. The van der Waals surface area contributed by atoms with E-state index in [0.717, 1.165) is 29.9 Å². The van der Waals surface area contributed by atoms with Crippen molar-refractivity contribution in [1.82, 2.24) is 0 Å². The quantitative estimate of drug-likeness (QED) is 0.261. The molecule has 0 aliphatic carbocycles. The zero-order valence-corrected chi connectivity index (χ0v) is 21.4. The standard InChI is InChI=1S/C30H32N2O4/c1-6-31(7-2)23-13-15-24(16-14-23)32-27(21-9-8-10-25(18-21)36-5)26(29(34)30(32)35)28(33)22-12-11-19(3)20(4)17-22/h8-18,27,33H,6-7H2,1-5H3/b28-26-. The van der Waals surface area contributed by atoms with E-state index in [-0.39, 0.29) is 11.3 Å². The number of hydrogen-bond acceptors (Lipinski definition) is 5. The fourth-order valence-electron chi connectivity index (χ4n) is 4.68. The van der Waals surface area contributed by atoms with E-state index in [1.54, 1.807) is 25.3 Å². The Morgan fingerprint density at radius 1 is 0.944 bits per heavy atom. The third-order valence-corrected chi connectivity index (χ3v) is 6.89. The van der Waals surface area contributed by atoms with Crippen molar-refractivity contribution >= 4 is 28.8 Å². The number of aliphatic hydroxyl groups excluding tert-OH is 1. The zero-order valence-electron chi connectivity index (χ0n) is 21.4. The summed E-state index contributed by atoms with van der Waals surface area (Å²) < 4.78 is 5.41. The average molecular weight is 485 g/mol. The van der Waals surface area contributed by atoms with E-state index in [4.69, 9.17) is 4.74 Å². The molecule has 3 aromatic rings. The summed E-state index contributed by atoms with van der Waals surface area (Å²) >= 11 is 0.